The molecular formula is C32H21ClN2O3. The van der Waals surface area contributed by atoms with E-state index in [1.54, 1.807) is 67.0 Å². The fraction of sp³-hybridized carbons (Fsp3) is 0.125. The minimum atomic E-state index is -1.52. The Labute approximate surface area is 224 Å². The molecule has 3 aromatic carbocycles. The number of hydrogen-bond acceptors (Lipinski definition) is 5. The van der Waals surface area contributed by atoms with E-state index in [9.17, 15) is 14.4 Å². The molecule has 2 aliphatic heterocycles. The van der Waals surface area contributed by atoms with Crippen molar-refractivity contribution in [1.82, 2.24) is 4.98 Å². The van der Waals surface area contributed by atoms with Crippen molar-refractivity contribution in [3.8, 4) is 0 Å². The summed E-state index contributed by atoms with van der Waals surface area (Å²) >= 11 is 6.14. The molecule has 3 heterocycles. The highest BCUT2D eigenvalue weighted by atomic mass is 35.5. The van der Waals surface area contributed by atoms with Crippen LogP contribution in [0.25, 0.3) is 6.08 Å². The summed E-state index contributed by atoms with van der Waals surface area (Å²) in [5.41, 5.74) is 2.16. The van der Waals surface area contributed by atoms with E-state index in [1.807, 2.05) is 47.4 Å². The molecule has 0 radical (unpaired) electrons. The number of para-hydroxylation sites is 1. The number of halogens is 1. The van der Waals surface area contributed by atoms with Gasteiger partial charge in [0.1, 0.15) is 11.5 Å². The maximum Gasteiger partial charge on any atom is 0.185 e. The molecule has 5 nitrogen and oxygen atoms in total. The number of anilines is 1. The van der Waals surface area contributed by atoms with Gasteiger partial charge < -0.3 is 4.90 Å². The lowest BCUT2D eigenvalue weighted by molar-refractivity contribution is 0.0666. The fourth-order valence-electron chi connectivity index (χ4n) is 6.64. The molecule has 1 fully saturated rings. The highest BCUT2D eigenvalue weighted by Gasteiger charge is 2.71. The third-order valence-corrected chi connectivity index (χ3v) is 8.41. The van der Waals surface area contributed by atoms with Crippen LogP contribution in [-0.4, -0.2) is 34.4 Å². The van der Waals surface area contributed by atoms with Gasteiger partial charge >= 0.3 is 0 Å². The van der Waals surface area contributed by atoms with Gasteiger partial charge in [-0.2, -0.15) is 0 Å². The van der Waals surface area contributed by atoms with Gasteiger partial charge in [0.2, 0.25) is 0 Å². The molecule has 38 heavy (non-hydrogen) atoms. The number of Topliss-reactive ketones (excluding diaryl/α,β-unsaturated/α-hetero) is 3. The number of carbonyl (C=O) groups is 3. The predicted octanol–water partition coefficient (Wildman–Crippen LogP) is 6.05. The van der Waals surface area contributed by atoms with E-state index < -0.39 is 23.4 Å². The standard InChI is InChI=1S/C32H21ClN2O3/c33-22-14-11-20(12-15-22)29(36)28-27(21-7-5-17-34-18-21)32(30(37)23-8-2-3-9-24(23)31(32)38)26-16-13-19-6-1-4-10-25(19)35(26)28/h1-18,26-28H/t26?,27-,28+/m0/s1. The number of aromatic nitrogens is 1. The van der Waals surface area contributed by atoms with Crippen LogP contribution in [0.4, 0.5) is 5.69 Å². The van der Waals surface area contributed by atoms with Crippen molar-refractivity contribution in [2.24, 2.45) is 5.41 Å². The first-order valence-electron chi connectivity index (χ1n) is 12.5. The highest BCUT2D eigenvalue weighted by molar-refractivity contribution is 6.32. The molecule has 4 aromatic rings. The van der Waals surface area contributed by atoms with Crippen LogP contribution >= 0.6 is 11.6 Å². The molecule has 0 amide bonds. The minimum absolute atomic E-state index is 0.181. The maximum atomic E-state index is 14.5. The van der Waals surface area contributed by atoms with E-state index in [0.717, 1.165) is 11.3 Å². The van der Waals surface area contributed by atoms with Crippen molar-refractivity contribution in [2.45, 2.75) is 18.0 Å². The molecule has 1 aliphatic carbocycles. The molecule has 1 spiro atoms. The third kappa shape index (κ3) is 2.93. The molecule has 184 valence electrons. The quantitative estimate of drug-likeness (QED) is 0.245. The van der Waals surface area contributed by atoms with Crippen LogP contribution < -0.4 is 4.90 Å². The van der Waals surface area contributed by atoms with Crippen molar-refractivity contribution in [2.75, 3.05) is 4.90 Å². The molecule has 1 unspecified atom stereocenters. The summed E-state index contributed by atoms with van der Waals surface area (Å²) in [6.07, 6.45) is 7.20. The second-order valence-electron chi connectivity index (χ2n) is 9.92. The molecule has 3 aliphatic rings. The number of ketones is 3. The molecule has 0 bridgehead atoms. The first-order chi connectivity index (χ1) is 18.5. The SMILES string of the molecule is O=C(c1ccc(Cl)cc1)[C@H]1[C@H](c2cccnc2)C2(C(=O)c3ccccc3C2=O)C2C=Cc3ccccc3N21. The Morgan fingerprint density at radius 1 is 0.842 bits per heavy atom. The summed E-state index contributed by atoms with van der Waals surface area (Å²) in [5.74, 6) is -1.46. The lowest BCUT2D eigenvalue weighted by Gasteiger charge is -2.37. The largest absolute Gasteiger partial charge is 0.352 e. The van der Waals surface area contributed by atoms with Crippen molar-refractivity contribution >= 4 is 40.7 Å². The lowest BCUT2D eigenvalue weighted by atomic mass is 9.64. The van der Waals surface area contributed by atoms with E-state index in [1.165, 1.54) is 0 Å². The van der Waals surface area contributed by atoms with Gasteiger partial charge in [0.15, 0.2) is 17.3 Å². The van der Waals surface area contributed by atoms with Gasteiger partial charge in [-0.15, -0.1) is 0 Å². The Hall–Kier alpha value is -4.35. The first-order valence-corrected chi connectivity index (χ1v) is 12.8. The van der Waals surface area contributed by atoms with Gasteiger partial charge in [0.05, 0.1) is 6.04 Å². The summed E-state index contributed by atoms with van der Waals surface area (Å²) in [5, 5.41) is 0.522. The third-order valence-electron chi connectivity index (χ3n) is 8.15. The normalized spacial score (nSPS) is 22.3. The smallest absolute Gasteiger partial charge is 0.185 e. The molecule has 1 aromatic heterocycles. The number of pyridine rings is 1. The van der Waals surface area contributed by atoms with Crippen LogP contribution in [0, 0.1) is 5.41 Å². The van der Waals surface area contributed by atoms with E-state index >= 15 is 0 Å². The molecular weight excluding hydrogens is 496 g/mol. The Morgan fingerprint density at radius 3 is 2.21 bits per heavy atom. The summed E-state index contributed by atoms with van der Waals surface area (Å²) in [4.78, 5) is 49.8. The number of benzene rings is 3. The van der Waals surface area contributed by atoms with Gasteiger partial charge in [0, 0.05) is 45.7 Å². The summed E-state index contributed by atoms with van der Waals surface area (Å²) < 4.78 is 0. The molecule has 0 saturated carbocycles. The Balaban J connectivity index is 1.54. The van der Waals surface area contributed by atoms with E-state index in [2.05, 4.69) is 4.98 Å². The summed E-state index contributed by atoms with van der Waals surface area (Å²) in [7, 11) is 0. The molecule has 0 N–H and O–H groups in total. The van der Waals surface area contributed by atoms with Gasteiger partial charge in [-0.3, -0.25) is 19.4 Å². The average Bonchev–Trinajstić information content (AvgIpc) is 3.40. The summed E-state index contributed by atoms with van der Waals surface area (Å²) in [6.45, 7) is 0. The molecule has 7 rings (SSSR count). The zero-order valence-electron chi connectivity index (χ0n) is 20.1. The van der Waals surface area contributed by atoms with Crippen LogP contribution in [0.3, 0.4) is 0 Å². The number of rotatable bonds is 3. The molecule has 1 saturated heterocycles. The van der Waals surface area contributed by atoms with Crippen LogP contribution in [0.2, 0.25) is 5.02 Å². The van der Waals surface area contributed by atoms with Crippen molar-refractivity contribution in [3.05, 3.63) is 136 Å². The van der Waals surface area contributed by atoms with Crippen molar-refractivity contribution in [1.29, 1.82) is 0 Å². The average molecular weight is 517 g/mol. The van der Waals surface area contributed by atoms with Crippen LogP contribution in [0.1, 0.15) is 48.1 Å². The zero-order valence-corrected chi connectivity index (χ0v) is 20.9. The molecule has 6 heteroatoms. The van der Waals surface area contributed by atoms with Crippen LogP contribution in [-0.2, 0) is 0 Å². The van der Waals surface area contributed by atoms with Crippen LogP contribution in [0.15, 0.2) is 103 Å². The highest BCUT2D eigenvalue weighted by Crippen LogP contribution is 2.60. The second-order valence-corrected chi connectivity index (χ2v) is 10.4. The van der Waals surface area contributed by atoms with Gasteiger partial charge in [0.25, 0.3) is 0 Å². The Bertz CT molecular complexity index is 1630. The van der Waals surface area contributed by atoms with Crippen molar-refractivity contribution < 1.29 is 14.4 Å². The maximum absolute atomic E-state index is 14.5. The van der Waals surface area contributed by atoms with E-state index in [0.29, 0.717) is 27.3 Å². The summed E-state index contributed by atoms with van der Waals surface area (Å²) in [6, 6.07) is 23.7. The van der Waals surface area contributed by atoms with Crippen molar-refractivity contribution in [3.63, 3.8) is 0 Å². The Morgan fingerprint density at radius 2 is 1.53 bits per heavy atom. The number of nitrogens with zero attached hydrogens (tertiary/aromatic N) is 2. The number of carbonyl (C=O) groups excluding carboxylic acids is 3. The van der Waals surface area contributed by atoms with Gasteiger partial charge in [-0.1, -0.05) is 72.3 Å². The monoisotopic (exact) mass is 516 g/mol. The van der Waals surface area contributed by atoms with Crippen LogP contribution in [0.5, 0.6) is 0 Å². The predicted molar refractivity (Wildman–Crippen MR) is 146 cm³/mol. The van der Waals surface area contributed by atoms with E-state index in [-0.39, 0.29) is 17.3 Å². The lowest BCUT2D eigenvalue weighted by Crippen LogP contribution is -2.48. The number of fused-ring (bicyclic) bond motifs is 5. The minimum Gasteiger partial charge on any atom is -0.352 e. The van der Waals surface area contributed by atoms with Gasteiger partial charge in [-0.05, 0) is 47.5 Å². The Kier molecular flexibility index (Phi) is 5.00. The fourth-order valence-corrected chi connectivity index (χ4v) is 6.76. The first kappa shape index (κ1) is 22.8. The zero-order chi connectivity index (χ0) is 26.0. The molecule has 3 atom stereocenters. The van der Waals surface area contributed by atoms with Gasteiger partial charge in [-0.25, -0.2) is 0 Å². The van der Waals surface area contributed by atoms with E-state index in [4.69, 9.17) is 11.6 Å². The number of hydrogen-bond donors (Lipinski definition) is 0. The topological polar surface area (TPSA) is 67.3 Å². The second kappa shape index (κ2) is 8.33.